The van der Waals surface area contributed by atoms with Crippen molar-refractivity contribution in [2.45, 2.75) is 6.04 Å². The average Bonchev–Trinajstić information content (AvgIpc) is 3.13. The second kappa shape index (κ2) is 8.04. The van der Waals surface area contributed by atoms with Crippen molar-refractivity contribution in [3.05, 3.63) is 65.3 Å². The number of rotatable bonds is 5. The summed E-state index contributed by atoms with van der Waals surface area (Å²) in [5.41, 5.74) is 2.12. The molecule has 0 spiro atoms. The fourth-order valence-electron chi connectivity index (χ4n) is 3.27. The quantitative estimate of drug-likeness (QED) is 0.729. The molecule has 1 amide bonds. The lowest BCUT2D eigenvalue weighted by atomic mass is 10.1. The van der Waals surface area contributed by atoms with E-state index in [4.69, 9.17) is 16.3 Å². The van der Waals surface area contributed by atoms with Crippen LogP contribution in [0, 0.1) is 0 Å². The first-order valence-corrected chi connectivity index (χ1v) is 9.23. The van der Waals surface area contributed by atoms with E-state index in [-0.39, 0.29) is 11.9 Å². The van der Waals surface area contributed by atoms with Crippen molar-refractivity contribution < 1.29 is 9.53 Å². The third kappa shape index (κ3) is 4.10. The number of ether oxygens (including phenoxy) is 1. The molecule has 0 unspecified atom stereocenters. The van der Waals surface area contributed by atoms with E-state index in [2.05, 4.69) is 20.2 Å². The van der Waals surface area contributed by atoms with Gasteiger partial charge in [-0.05, 0) is 23.8 Å². The molecule has 1 fully saturated rings. The summed E-state index contributed by atoms with van der Waals surface area (Å²) in [7, 11) is 0. The minimum absolute atomic E-state index is 0.0398. The van der Waals surface area contributed by atoms with E-state index >= 15 is 0 Å². The number of hydrogen-bond acceptors (Lipinski definition) is 5. The topological polar surface area (TPSA) is 71.8 Å². The molecule has 1 aliphatic rings. The summed E-state index contributed by atoms with van der Waals surface area (Å²) in [6.07, 6.45) is 7.01. The van der Waals surface area contributed by atoms with Crippen molar-refractivity contribution in [2.75, 3.05) is 32.8 Å². The van der Waals surface area contributed by atoms with Crippen LogP contribution in [0.5, 0.6) is 0 Å². The van der Waals surface area contributed by atoms with Crippen LogP contribution in [0.3, 0.4) is 0 Å². The molecule has 4 rings (SSSR count). The lowest BCUT2D eigenvalue weighted by Gasteiger charge is -2.34. The number of nitrogens with one attached hydrogen (secondary N) is 1. The highest BCUT2D eigenvalue weighted by atomic mass is 35.5. The van der Waals surface area contributed by atoms with Gasteiger partial charge in [-0.1, -0.05) is 17.7 Å². The summed E-state index contributed by atoms with van der Waals surface area (Å²) in [5, 5.41) is 3.61. The van der Waals surface area contributed by atoms with E-state index in [0.717, 1.165) is 18.7 Å². The molecular weight excluding hydrogens is 366 g/mol. The van der Waals surface area contributed by atoms with E-state index in [1.807, 2.05) is 18.3 Å². The van der Waals surface area contributed by atoms with E-state index < -0.39 is 0 Å². The van der Waals surface area contributed by atoms with Crippen LogP contribution in [0.2, 0.25) is 5.02 Å². The van der Waals surface area contributed by atoms with Crippen molar-refractivity contribution in [2.24, 2.45) is 0 Å². The molecule has 1 N–H and O–H groups in total. The SMILES string of the molecule is O=C(NC[C@@H](c1cccnc1)N1CCOCC1)c1cn2cc(Cl)ccc2n1. The van der Waals surface area contributed by atoms with E-state index in [0.29, 0.717) is 36.1 Å². The van der Waals surface area contributed by atoms with Crippen LogP contribution >= 0.6 is 11.6 Å². The highest BCUT2D eigenvalue weighted by molar-refractivity contribution is 6.30. The van der Waals surface area contributed by atoms with Gasteiger partial charge in [0.15, 0.2) is 0 Å². The van der Waals surface area contributed by atoms with E-state index in [1.165, 1.54) is 0 Å². The number of carbonyl (C=O) groups is 1. The maximum atomic E-state index is 12.6. The molecule has 0 aliphatic carbocycles. The van der Waals surface area contributed by atoms with Gasteiger partial charge in [-0.15, -0.1) is 0 Å². The maximum absolute atomic E-state index is 12.6. The Labute approximate surface area is 161 Å². The van der Waals surface area contributed by atoms with Crippen LogP contribution in [0.25, 0.3) is 5.65 Å². The Hall–Kier alpha value is -2.48. The summed E-state index contributed by atoms with van der Waals surface area (Å²) in [4.78, 5) is 23.5. The average molecular weight is 386 g/mol. The molecule has 140 valence electrons. The van der Waals surface area contributed by atoms with Crippen molar-refractivity contribution in [1.82, 2.24) is 24.6 Å². The van der Waals surface area contributed by atoms with Crippen LogP contribution in [0.15, 0.2) is 49.1 Å². The number of halogens is 1. The van der Waals surface area contributed by atoms with Gasteiger partial charge in [-0.2, -0.15) is 0 Å². The third-order valence-corrected chi connectivity index (χ3v) is 4.88. The van der Waals surface area contributed by atoms with Crippen molar-refractivity contribution >= 4 is 23.2 Å². The standard InChI is InChI=1S/C19H20ClN5O2/c20-15-3-4-18-23-16(13-25(18)12-15)19(26)22-11-17(14-2-1-5-21-10-14)24-6-8-27-9-7-24/h1-5,10,12-13,17H,6-9,11H2,(H,22,26)/t17-/m0/s1. The zero-order chi connectivity index (χ0) is 18.6. The fourth-order valence-corrected chi connectivity index (χ4v) is 3.44. The molecule has 3 aromatic heterocycles. The highest BCUT2D eigenvalue weighted by Gasteiger charge is 2.24. The fraction of sp³-hybridized carbons (Fsp3) is 0.316. The molecule has 7 nitrogen and oxygen atoms in total. The smallest absolute Gasteiger partial charge is 0.271 e. The van der Waals surface area contributed by atoms with Gasteiger partial charge < -0.3 is 14.5 Å². The maximum Gasteiger partial charge on any atom is 0.271 e. The summed E-state index contributed by atoms with van der Waals surface area (Å²) in [6.45, 7) is 3.50. The highest BCUT2D eigenvalue weighted by Crippen LogP contribution is 2.20. The summed E-state index contributed by atoms with van der Waals surface area (Å²) >= 11 is 5.99. The molecule has 0 aromatic carbocycles. The Bertz CT molecular complexity index is 924. The van der Waals surface area contributed by atoms with Gasteiger partial charge in [0.25, 0.3) is 5.91 Å². The van der Waals surface area contributed by atoms with Gasteiger partial charge in [0.05, 0.1) is 24.3 Å². The molecule has 3 aromatic rings. The van der Waals surface area contributed by atoms with Gasteiger partial charge >= 0.3 is 0 Å². The van der Waals surface area contributed by atoms with Crippen LogP contribution in [-0.2, 0) is 4.74 Å². The Kier molecular flexibility index (Phi) is 5.33. The van der Waals surface area contributed by atoms with E-state index in [9.17, 15) is 4.79 Å². The molecular formula is C19H20ClN5O2. The zero-order valence-corrected chi connectivity index (χ0v) is 15.5. The number of morpholine rings is 1. The molecule has 1 aliphatic heterocycles. The minimum Gasteiger partial charge on any atom is -0.379 e. The third-order valence-electron chi connectivity index (χ3n) is 4.66. The lowest BCUT2D eigenvalue weighted by Crippen LogP contribution is -2.43. The number of carbonyl (C=O) groups excluding carboxylic acids is 1. The van der Waals surface area contributed by atoms with Gasteiger partial charge in [0, 0.05) is 44.4 Å². The first kappa shape index (κ1) is 17.9. The Morgan fingerprint density at radius 1 is 1.26 bits per heavy atom. The molecule has 0 saturated carbocycles. The Morgan fingerprint density at radius 2 is 2.11 bits per heavy atom. The predicted molar refractivity (Wildman–Crippen MR) is 102 cm³/mol. The molecule has 1 atom stereocenters. The number of amides is 1. The van der Waals surface area contributed by atoms with Gasteiger partial charge in [-0.25, -0.2) is 4.98 Å². The van der Waals surface area contributed by atoms with Gasteiger partial charge in [0.2, 0.25) is 0 Å². The number of pyridine rings is 2. The van der Waals surface area contributed by atoms with Crippen LogP contribution in [-0.4, -0.2) is 58.0 Å². The second-order valence-corrected chi connectivity index (χ2v) is 6.84. The summed E-state index contributed by atoms with van der Waals surface area (Å²) in [5.74, 6) is -0.211. The lowest BCUT2D eigenvalue weighted by molar-refractivity contribution is 0.0161. The van der Waals surface area contributed by atoms with Crippen molar-refractivity contribution in [3.8, 4) is 0 Å². The van der Waals surface area contributed by atoms with Gasteiger partial charge in [0.1, 0.15) is 11.3 Å². The predicted octanol–water partition coefficient (Wildman–Crippen LogP) is 2.19. The zero-order valence-electron chi connectivity index (χ0n) is 14.7. The van der Waals surface area contributed by atoms with Crippen molar-refractivity contribution in [1.29, 1.82) is 0 Å². The molecule has 0 bridgehead atoms. The molecule has 27 heavy (non-hydrogen) atoms. The monoisotopic (exact) mass is 385 g/mol. The Morgan fingerprint density at radius 3 is 2.89 bits per heavy atom. The number of aromatic nitrogens is 3. The largest absolute Gasteiger partial charge is 0.379 e. The van der Waals surface area contributed by atoms with Gasteiger partial charge in [-0.3, -0.25) is 14.7 Å². The molecule has 0 radical (unpaired) electrons. The number of imidazole rings is 1. The normalized spacial score (nSPS) is 16.3. The van der Waals surface area contributed by atoms with Crippen LogP contribution < -0.4 is 5.32 Å². The summed E-state index contributed by atoms with van der Waals surface area (Å²) in [6, 6.07) is 7.52. The van der Waals surface area contributed by atoms with Crippen molar-refractivity contribution in [3.63, 3.8) is 0 Å². The first-order valence-electron chi connectivity index (χ1n) is 8.85. The van der Waals surface area contributed by atoms with E-state index in [1.54, 1.807) is 35.1 Å². The molecule has 8 heteroatoms. The molecule has 1 saturated heterocycles. The first-order chi connectivity index (χ1) is 13.2. The molecule has 4 heterocycles. The van der Waals surface area contributed by atoms with Crippen LogP contribution in [0.1, 0.15) is 22.1 Å². The van der Waals surface area contributed by atoms with Crippen LogP contribution in [0.4, 0.5) is 0 Å². The second-order valence-electron chi connectivity index (χ2n) is 6.40. The number of hydrogen-bond donors (Lipinski definition) is 1. The summed E-state index contributed by atoms with van der Waals surface area (Å²) < 4.78 is 7.20. The number of fused-ring (bicyclic) bond motifs is 1. The number of nitrogens with zero attached hydrogens (tertiary/aromatic N) is 4. The minimum atomic E-state index is -0.211. The Balaban J connectivity index is 1.49.